The summed E-state index contributed by atoms with van der Waals surface area (Å²) in [5, 5.41) is 0. The van der Waals surface area contributed by atoms with E-state index in [0.717, 1.165) is 19.3 Å². The lowest BCUT2D eigenvalue weighted by Crippen LogP contribution is -2.40. The number of methoxy groups -OCH3 is 1. The lowest BCUT2D eigenvalue weighted by molar-refractivity contribution is -0.142. The van der Waals surface area contributed by atoms with Gasteiger partial charge in [0, 0.05) is 23.1 Å². The van der Waals surface area contributed by atoms with Crippen LogP contribution in [-0.4, -0.2) is 37.0 Å². The lowest BCUT2D eigenvalue weighted by atomic mass is 10.1. The molecule has 1 heterocycles. The Morgan fingerprint density at radius 3 is 2.41 bits per heavy atom. The molecule has 1 saturated heterocycles. The molecule has 0 N–H and O–H groups in total. The van der Waals surface area contributed by atoms with Gasteiger partial charge in [0.2, 0.25) is 6.10 Å². The molecule has 27 heavy (non-hydrogen) atoms. The van der Waals surface area contributed by atoms with Gasteiger partial charge in [-0.1, -0.05) is 30.3 Å². The predicted molar refractivity (Wildman–Crippen MR) is 106 cm³/mol. The Balaban J connectivity index is 1.87. The number of benzene rings is 2. The monoisotopic (exact) mass is 431 g/mol. The summed E-state index contributed by atoms with van der Waals surface area (Å²) in [6, 6.07) is 14.2. The highest BCUT2D eigenvalue weighted by Crippen LogP contribution is 2.28. The van der Waals surface area contributed by atoms with Crippen LogP contribution in [0.25, 0.3) is 0 Å². The number of nitrogens with zero attached hydrogens (tertiary/aromatic N) is 1. The van der Waals surface area contributed by atoms with Crippen LogP contribution in [0.2, 0.25) is 0 Å². The maximum atomic E-state index is 13.1. The van der Waals surface area contributed by atoms with Gasteiger partial charge in [-0.3, -0.25) is 4.79 Å². The molecule has 0 aliphatic carbocycles. The Bertz CT molecular complexity index is 803. The van der Waals surface area contributed by atoms with Crippen LogP contribution in [0.1, 0.15) is 41.3 Å². The zero-order chi connectivity index (χ0) is 19.2. The lowest BCUT2D eigenvalue weighted by Gasteiger charge is -2.30. The fourth-order valence-corrected chi connectivity index (χ4v) is 3.54. The molecule has 1 fully saturated rings. The van der Waals surface area contributed by atoms with Crippen molar-refractivity contribution < 1.29 is 19.1 Å². The summed E-state index contributed by atoms with van der Waals surface area (Å²) in [6.07, 6.45) is 2.11. The first kappa shape index (κ1) is 19.4. The molecule has 1 unspecified atom stereocenters. The fraction of sp³-hybridized carbons (Fsp3) is 0.333. The SMILES string of the molecule is COc1ccc(Br)c(C(=O)OC(C(=O)N2CCCCC2)c2ccccc2)c1. The number of ether oxygens (including phenoxy) is 2. The van der Waals surface area contributed by atoms with Crippen molar-refractivity contribution in [3.63, 3.8) is 0 Å². The number of esters is 1. The van der Waals surface area contributed by atoms with E-state index in [1.54, 1.807) is 35.2 Å². The van der Waals surface area contributed by atoms with E-state index < -0.39 is 12.1 Å². The number of carbonyl (C=O) groups excluding carboxylic acids is 2. The average molecular weight is 432 g/mol. The summed E-state index contributed by atoms with van der Waals surface area (Å²) in [6.45, 7) is 1.39. The average Bonchev–Trinajstić information content (AvgIpc) is 2.73. The number of halogens is 1. The molecule has 142 valence electrons. The van der Waals surface area contributed by atoms with Crippen molar-refractivity contribution in [2.45, 2.75) is 25.4 Å². The van der Waals surface area contributed by atoms with Gasteiger partial charge in [0.15, 0.2) is 0 Å². The first-order valence-electron chi connectivity index (χ1n) is 8.98. The first-order chi connectivity index (χ1) is 13.1. The minimum Gasteiger partial charge on any atom is -0.497 e. The molecule has 1 amide bonds. The van der Waals surface area contributed by atoms with Crippen LogP contribution in [0.4, 0.5) is 0 Å². The van der Waals surface area contributed by atoms with Gasteiger partial charge in [0.1, 0.15) is 5.75 Å². The summed E-state index contributed by atoms with van der Waals surface area (Å²) in [7, 11) is 1.53. The molecule has 0 bridgehead atoms. The molecule has 0 aromatic heterocycles. The third-order valence-corrected chi connectivity index (χ3v) is 5.30. The van der Waals surface area contributed by atoms with Crippen molar-refractivity contribution >= 4 is 27.8 Å². The van der Waals surface area contributed by atoms with E-state index in [1.807, 2.05) is 18.2 Å². The molecule has 6 heteroatoms. The van der Waals surface area contributed by atoms with Gasteiger partial charge in [-0.15, -0.1) is 0 Å². The highest BCUT2D eigenvalue weighted by Gasteiger charge is 2.31. The molecule has 2 aromatic rings. The third kappa shape index (κ3) is 4.69. The summed E-state index contributed by atoms with van der Waals surface area (Å²) >= 11 is 3.37. The van der Waals surface area contributed by atoms with Crippen molar-refractivity contribution in [2.75, 3.05) is 20.2 Å². The number of hydrogen-bond donors (Lipinski definition) is 0. The number of likely N-dealkylation sites (tertiary alicyclic amines) is 1. The van der Waals surface area contributed by atoms with Crippen LogP contribution in [0.15, 0.2) is 53.0 Å². The second-order valence-electron chi connectivity index (χ2n) is 6.43. The Labute approximate surface area is 167 Å². The fourth-order valence-electron chi connectivity index (χ4n) is 3.13. The van der Waals surface area contributed by atoms with E-state index >= 15 is 0 Å². The molecule has 0 spiro atoms. The zero-order valence-corrected chi connectivity index (χ0v) is 16.8. The van der Waals surface area contributed by atoms with E-state index in [4.69, 9.17) is 9.47 Å². The predicted octanol–water partition coefficient (Wildman–Crippen LogP) is 4.37. The van der Waals surface area contributed by atoms with Crippen LogP contribution < -0.4 is 4.74 Å². The second kappa shape index (κ2) is 9.04. The molecule has 1 aliphatic heterocycles. The van der Waals surface area contributed by atoms with Crippen LogP contribution in [0, 0.1) is 0 Å². The molecule has 0 saturated carbocycles. The summed E-state index contributed by atoms with van der Waals surface area (Å²) in [5.74, 6) is -0.197. The Hall–Kier alpha value is -2.34. The summed E-state index contributed by atoms with van der Waals surface area (Å²) < 4.78 is 11.5. The van der Waals surface area contributed by atoms with Gasteiger partial charge >= 0.3 is 5.97 Å². The van der Waals surface area contributed by atoms with E-state index in [-0.39, 0.29) is 5.91 Å². The summed E-state index contributed by atoms with van der Waals surface area (Å²) in [4.78, 5) is 27.7. The minimum atomic E-state index is -0.963. The Morgan fingerprint density at radius 2 is 1.74 bits per heavy atom. The highest BCUT2D eigenvalue weighted by molar-refractivity contribution is 9.10. The minimum absolute atomic E-state index is 0.173. The van der Waals surface area contributed by atoms with Crippen molar-refractivity contribution in [1.82, 2.24) is 4.90 Å². The number of carbonyl (C=O) groups is 2. The van der Waals surface area contributed by atoms with Crippen LogP contribution in [0.3, 0.4) is 0 Å². The zero-order valence-electron chi connectivity index (χ0n) is 15.2. The standard InChI is InChI=1S/C21H22BrNO4/c1-26-16-10-11-18(22)17(14-16)21(25)27-19(15-8-4-2-5-9-15)20(24)23-12-6-3-7-13-23/h2,4-5,8-11,14,19H,3,6-7,12-13H2,1H3. The number of piperidine rings is 1. The molecule has 0 radical (unpaired) electrons. The molecule has 3 rings (SSSR count). The quantitative estimate of drug-likeness (QED) is 0.659. The molecule has 5 nitrogen and oxygen atoms in total. The van der Waals surface area contributed by atoms with Gasteiger partial charge in [0.05, 0.1) is 12.7 Å². The maximum absolute atomic E-state index is 13.1. The van der Waals surface area contributed by atoms with Gasteiger partial charge in [-0.25, -0.2) is 4.79 Å². The van der Waals surface area contributed by atoms with Gasteiger partial charge in [-0.2, -0.15) is 0 Å². The molecule has 1 atom stereocenters. The summed E-state index contributed by atoms with van der Waals surface area (Å²) in [5.41, 5.74) is 0.988. The topological polar surface area (TPSA) is 55.8 Å². The normalized spacial score (nSPS) is 15.1. The number of rotatable bonds is 5. The van der Waals surface area contributed by atoms with E-state index in [2.05, 4.69) is 15.9 Å². The third-order valence-electron chi connectivity index (χ3n) is 4.61. The van der Waals surface area contributed by atoms with Crippen LogP contribution in [-0.2, 0) is 9.53 Å². The number of hydrogen-bond acceptors (Lipinski definition) is 4. The first-order valence-corrected chi connectivity index (χ1v) is 9.77. The van der Waals surface area contributed by atoms with Crippen molar-refractivity contribution in [3.05, 3.63) is 64.1 Å². The van der Waals surface area contributed by atoms with E-state index in [1.165, 1.54) is 7.11 Å². The maximum Gasteiger partial charge on any atom is 0.340 e. The highest BCUT2D eigenvalue weighted by atomic mass is 79.9. The van der Waals surface area contributed by atoms with Crippen LogP contribution in [0.5, 0.6) is 5.75 Å². The van der Waals surface area contributed by atoms with Crippen molar-refractivity contribution in [3.8, 4) is 5.75 Å². The Kier molecular flexibility index (Phi) is 6.50. The van der Waals surface area contributed by atoms with Crippen molar-refractivity contribution in [2.24, 2.45) is 0 Å². The van der Waals surface area contributed by atoms with Crippen molar-refractivity contribution in [1.29, 1.82) is 0 Å². The van der Waals surface area contributed by atoms with Gasteiger partial charge < -0.3 is 14.4 Å². The largest absolute Gasteiger partial charge is 0.497 e. The smallest absolute Gasteiger partial charge is 0.340 e. The number of amides is 1. The molecule has 1 aliphatic rings. The Morgan fingerprint density at radius 1 is 1.04 bits per heavy atom. The van der Waals surface area contributed by atoms with Gasteiger partial charge in [0.25, 0.3) is 5.91 Å². The molecule has 2 aromatic carbocycles. The second-order valence-corrected chi connectivity index (χ2v) is 7.28. The molecular weight excluding hydrogens is 410 g/mol. The van der Waals surface area contributed by atoms with E-state index in [9.17, 15) is 9.59 Å². The van der Waals surface area contributed by atoms with Gasteiger partial charge in [-0.05, 0) is 53.4 Å². The van der Waals surface area contributed by atoms with E-state index in [0.29, 0.717) is 34.4 Å². The molecular formula is C21H22BrNO4. The van der Waals surface area contributed by atoms with Crippen LogP contribution >= 0.6 is 15.9 Å².